The molecule has 0 bridgehead atoms. The van der Waals surface area contributed by atoms with Crippen molar-refractivity contribution in [3.8, 4) is 0 Å². The van der Waals surface area contributed by atoms with Gasteiger partial charge in [0.05, 0.1) is 0 Å². The van der Waals surface area contributed by atoms with E-state index >= 15 is 0 Å². The van der Waals surface area contributed by atoms with E-state index in [0.29, 0.717) is 6.54 Å². The molecule has 4 heterocycles. The number of anilines is 1. The first-order chi connectivity index (χ1) is 13.8. The third-order valence-corrected chi connectivity index (χ3v) is 5.31. The Kier molecular flexibility index (Phi) is 5.98. The number of hydrogen-bond donors (Lipinski definition) is 1. The summed E-state index contributed by atoms with van der Waals surface area (Å²) in [5.41, 5.74) is 0. The molecule has 0 atom stereocenters. The molecule has 1 N–H and O–H groups in total. The highest BCUT2D eigenvalue weighted by atomic mass is 15.4. The highest BCUT2D eigenvalue weighted by Gasteiger charge is 2.21. The van der Waals surface area contributed by atoms with E-state index < -0.39 is 0 Å². The molecule has 1 saturated heterocycles. The van der Waals surface area contributed by atoms with Gasteiger partial charge in [0.2, 0.25) is 5.95 Å². The lowest BCUT2D eigenvalue weighted by Crippen LogP contribution is -2.53. The Labute approximate surface area is 165 Å². The van der Waals surface area contributed by atoms with Crippen LogP contribution in [0.3, 0.4) is 0 Å². The quantitative estimate of drug-likeness (QED) is 0.624. The molecule has 0 spiro atoms. The Morgan fingerprint density at radius 1 is 1.04 bits per heavy atom. The number of aliphatic imine (C=N–C) groups is 1. The summed E-state index contributed by atoms with van der Waals surface area (Å²) in [6, 6.07) is 1.85. The highest BCUT2D eigenvalue weighted by molar-refractivity contribution is 5.80. The molecule has 150 valence electrons. The lowest BCUT2D eigenvalue weighted by molar-refractivity contribution is 0.369. The first-order valence-corrected chi connectivity index (χ1v) is 10.3. The van der Waals surface area contributed by atoms with Crippen LogP contribution in [-0.4, -0.2) is 68.3 Å². The van der Waals surface area contributed by atoms with Crippen LogP contribution in [0.25, 0.3) is 0 Å². The van der Waals surface area contributed by atoms with Crippen LogP contribution in [-0.2, 0) is 19.5 Å². The first-order valence-electron chi connectivity index (χ1n) is 10.3. The summed E-state index contributed by atoms with van der Waals surface area (Å²) in [7, 11) is 0. The van der Waals surface area contributed by atoms with E-state index in [4.69, 9.17) is 4.99 Å². The molecular weight excluding hydrogens is 354 g/mol. The number of aryl methyl sites for hydroxylation is 1. The van der Waals surface area contributed by atoms with Crippen LogP contribution in [0.4, 0.5) is 5.95 Å². The number of rotatable bonds is 4. The summed E-state index contributed by atoms with van der Waals surface area (Å²) in [6.45, 7) is 8.08. The maximum absolute atomic E-state index is 4.87. The van der Waals surface area contributed by atoms with Crippen LogP contribution < -0.4 is 10.2 Å². The molecule has 0 amide bonds. The zero-order chi connectivity index (χ0) is 19.2. The van der Waals surface area contributed by atoms with E-state index in [2.05, 4.69) is 46.8 Å². The van der Waals surface area contributed by atoms with Gasteiger partial charge in [-0.05, 0) is 25.8 Å². The summed E-state index contributed by atoms with van der Waals surface area (Å²) in [5.74, 6) is 3.84. The molecule has 0 radical (unpaired) electrons. The van der Waals surface area contributed by atoms with Crippen LogP contribution in [0, 0.1) is 0 Å². The molecule has 2 aromatic heterocycles. The van der Waals surface area contributed by atoms with Crippen molar-refractivity contribution in [3.63, 3.8) is 0 Å². The van der Waals surface area contributed by atoms with Crippen LogP contribution in [0.2, 0.25) is 0 Å². The maximum atomic E-state index is 4.87. The molecule has 0 aliphatic carbocycles. The largest absolute Gasteiger partial charge is 0.357 e. The van der Waals surface area contributed by atoms with Gasteiger partial charge < -0.3 is 19.7 Å². The second-order valence-corrected chi connectivity index (χ2v) is 7.19. The smallest absolute Gasteiger partial charge is 0.225 e. The van der Waals surface area contributed by atoms with Crippen LogP contribution >= 0.6 is 0 Å². The number of nitrogens with zero attached hydrogens (tertiary/aromatic N) is 8. The summed E-state index contributed by atoms with van der Waals surface area (Å²) in [5, 5.41) is 12.2. The molecular formula is C19H29N9. The predicted octanol–water partition coefficient (Wildman–Crippen LogP) is 1.08. The predicted molar refractivity (Wildman–Crippen MR) is 108 cm³/mol. The van der Waals surface area contributed by atoms with Crippen molar-refractivity contribution in [2.45, 2.75) is 45.7 Å². The van der Waals surface area contributed by atoms with E-state index in [-0.39, 0.29) is 0 Å². The lowest BCUT2D eigenvalue weighted by Gasteiger charge is -2.36. The van der Waals surface area contributed by atoms with E-state index in [0.717, 1.165) is 69.2 Å². The third kappa shape index (κ3) is 4.23. The standard InChI is InChI=1S/C19H29N9/c1-2-20-18(23-15-17-25-24-16-7-4-3-5-10-28(16)17)26-11-13-27(14-12-26)19-21-8-6-9-22-19/h6,8-9H,2-5,7,10-15H2,1H3,(H,20,23). The Balaban J connectivity index is 1.41. The van der Waals surface area contributed by atoms with Gasteiger partial charge in [-0.15, -0.1) is 10.2 Å². The lowest BCUT2D eigenvalue weighted by atomic mass is 10.2. The molecule has 0 aromatic carbocycles. The molecule has 0 unspecified atom stereocenters. The minimum atomic E-state index is 0.567. The second-order valence-electron chi connectivity index (χ2n) is 7.19. The molecule has 1 fully saturated rings. The SMILES string of the molecule is CCNC(=NCc1nnc2n1CCCCC2)N1CCN(c2ncccn2)CC1. The van der Waals surface area contributed by atoms with E-state index in [9.17, 15) is 0 Å². The van der Waals surface area contributed by atoms with Gasteiger partial charge in [0.1, 0.15) is 12.4 Å². The number of fused-ring (bicyclic) bond motifs is 1. The molecule has 9 heteroatoms. The van der Waals surface area contributed by atoms with Gasteiger partial charge in [0.15, 0.2) is 11.8 Å². The number of aromatic nitrogens is 5. The van der Waals surface area contributed by atoms with Crippen molar-refractivity contribution in [1.29, 1.82) is 0 Å². The van der Waals surface area contributed by atoms with Gasteiger partial charge in [-0.1, -0.05) is 6.42 Å². The molecule has 4 rings (SSSR count). The van der Waals surface area contributed by atoms with Crippen molar-refractivity contribution in [1.82, 2.24) is 34.9 Å². The average Bonchev–Trinajstić information content (AvgIpc) is 2.98. The fraction of sp³-hybridized carbons (Fsp3) is 0.632. The molecule has 28 heavy (non-hydrogen) atoms. The fourth-order valence-corrected chi connectivity index (χ4v) is 3.81. The van der Waals surface area contributed by atoms with Gasteiger partial charge >= 0.3 is 0 Å². The third-order valence-electron chi connectivity index (χ3n) is 5.31. The normalized spacial score (nSPS) is 18.0. The van der Waals surface area contributed by atoms with Gasteiger partial charge in [0.25, 0.3) is 0 Å². The van der Waals surface area contributed by atoms with Crippen molar-refractivity contribution in [2.24, 2.45) is 4.99 Å². The molecule has 2 aromatic rings. The van der Waals surface area contributed by atoms with Crippen molar-refractivity contribution >= 4 is 11.9 Å². The summed E-state index contributed by atoms with van der Waals surface area (Å²) >= 11 is 0. The van der Waals surface area contributed by atoms with E-state index in [1.54, 1.807) is 12.4 Å². The summed E-state index contributed by atoms with van der Waals surface area (Å²) < 4.78 is 2.27. The number of guanidine groups is 1. The number of hydrogen-bond acceptors (Lipinski definition) is 6. The van der Waals surface area contributed by atoms with E-state index in [1.807, 2.05) is 6.07 Å². The Bertz CT molecular complexity index is 778. The molecule has 2 aliphatic heterocycles. The van der Waals surface area contributed by atoms with Crippen molar-refractivity contribution in [3.05, 3.63) is 30.1 Å². The zero-order valence-electron chi connectivity index (χ0n) is 16.6. The van der Waals surface area contributed by atoms with Crippen LogP contribution in [0.15, 0.2) is 23.5 Å². The Hall–Kier alpha value is -2.71. The topological polar surface area (TPSA) is 87.4 Å². The minimum absolute atomic E-state index is 0.567. The van der Waals surface area contributed by atoms with Gasteiger partial charge in [-0.3, -0.25) is 0 Å². The van der Waals surface area contributed by atoms with E-state index in [1.165, 1.54) is 19.3 Å². The zero-order valence-corrected chi connectivity index (χ0v) is 16.6. The van der Waals surface area contributed by atoms with Crippen molar-refractivity contribution in [2.75, 3.05) is 37.6 Å². The maximum Gasteiger partial charge on any atom is 0.225 e. The van der Waals surface area contributed by atoms with Gasteiger partial charge in [-0.25, -0.2) is 15.0 Å². The van der Waals surface area contributed by atoms with Gasteiger partial charge in [-0.2, -0.15) is 0 Å². The number of nitrogens with one attached hydrogen (secondary N) is 1. The molecule has 9 nitrogen and oxygen atoms in total. The average molecular weight is 384 g/mol. The minimum Gasteiger partial charge on any atom is -0.357 e. The second kappa shape index (κ2) is 8.99. The Morgan fingerprint density at radius 3 is 2.64 bits per heavy atom. The highest BCUT2D eigenvalue weighted by Crippen LogP contribution is 2.15. The van der Waals surface area contributed by atoms with Crippen molar-refractivity contribution < 1.29 is 0 Å². The summed E-state index contributed by atoms with van der Waals surface area (Å²) in [6.07, 6.45) is 8.29. The fourth-order valence-electron chi connectivity index (χ4n) is 3.81. The summed E-state index contributed by atoms with van der Waals surface area (Å²) in [4.78, 5) is 18.1. The van der Waals surface area contributed by atoms with Gasteiger partial charge in [0, 0.05) is 58.1 Å². The molecule has 2 aliphatic rings. The molecule has 0 saturated carbocycles. The monoisotopic (exact) mass is 383 g/mol. The van der Waals surface area contributed by atoms with Crippen LogP contribution in [0.5, 0.6) is 0 Å². The Morgan fingerprint density at radius 2 is 1.86 bits per heavy atom. The number of piperazine rings is 1. The first kappa shape index (κ1) is 18.6. The van der Waals surface area contributed by atoms with Crippen LogP contribution in [0.1, 0.15) is 37.8 Å².